The van der Waals surface area contributed by atoms with E-state index in [-0.39, 0.29) is 0 Å². The zero-order valence-electron chi connectivity index (χ0n) is 9.71. The molecule has 1 heterocycles. The molecule has 14 heavy (non-hydrogen) atoms. The topological polar surface area (TPSA) is 6.48 Å². The monoisotopic (exact) mass is 196 g/mol. The van der Waals surface area contributed by atoms with Crippen LogP contribution in [0.25, 0.3) is 0 Å². The van der Waals surface area contributed by atoms with Gasteiger partial charge in [-0.1, -0.05) is 13.8 Å². The van der Waals surface area contributed by atoms with Crippen molar-refractivity contribution in [3.05, 3.63) is 13.8 Å². The van der Waals surface area contributed by atoms with E-state index < -0.39 is 0 Å². The maximum atomic E-state index is 4.03. The van der Waals surface area contributed by atoms with Crippen LogP contribution >= 0.6 is 0 Å². The van der Waals surface area contributed by atoms with Crippen LogP contribution < -0.4 is 0 Å². The molecule has 0 saturated carbocycles. The van der Waals surface area contributed by atoms with Gasteiger partial charge in [0.1, 0.15) is 0 Å². The highest BCUT2D eigenvalue weighted by Crippen LogP contribution is 2.06. The van der Waals surface area contributed by atoms with Crippen LogP contribution in [0.2, 0.25) is 0 Å². The summed E-state index contributed by atoms with van der Waals surface area (Å²) >= 11 is 0. The zero-order chi connectivity index (χ0) is 10.6. The molecule has 0 aromatic heterocycles. The fraction of sp³-hybridized carbons (Fsp3) is 0.833. The van der Waals surface area contributed by atoms with E-state index in [0.717, 1.165) is 13.1 Å². The standard InChI is InChI=1S/C12H24N2/c1-11(2)9-13-5-7-14(8-6-13)10-12(3)4/h11-12H,1,3,5-10H2,2,4H3. The van der Waals surface area contributed by atoms with Crippen LogP contribution in [0.3, 0.4) is 0 Å². The normalized spacial score (nSPS) is 21.0. The summed E-state index contributed by atoms with van der Waals surface area (Å²) in [6.45, 7) is 19.5. The van der Waals surface area contributed by atoms with Crippen molar-refractivity contribution in [2.24, 2.45) is 11.8 Å². The van der Waals surface area contributed by atoms with E-state index in [9.17, 15) is 0 Å². The summed E-state index contributed by atoms with van der Waals surface area (Å²) in [4.78, 5) is 5.03. The molecular weight excluding hydrogens is 172 g/mol. The van der Waals surface area contributed by atoms with Crippen LogP contribution in [0.15, 0.2) is 0 Å². The van der Waals surface area contributed by atoms with Crippen LogP contribution in [0.4, 0.5) is 0 Å². The molecule has 2 nitrogen and oxygen atoms in total. The minimum absolute atomic E-state index is 0.549. The minimum atomic E-state index is 0.549. The van der Waals surface area contributed by atoms with Gasteiger partial charge in [0.05, 0.1) is 0 Å². The highest BCUT2D eigenvalue weighted by Gasteiger charge is 2.17. The van der Waals surface area contributed by atoms with Crippen molar-refractivity contribution in [2.45, 2.75) is 13.8 Å². The van der Waals surface area contributed by atoms with E-state index in [1.165, 1.54) is 26.2 Å². The number of nitrogens with zero attached hydrogens (tertiary/aromatic N) is 2. The Kier molecular flexibility index (Phi) is 4.90. The third-order valence-electron chi connectivity index (χ3n) is 2.60. The van der Waals surface area contributed by atoms with Gasteiger partial charge >= 0.3 is 0 Å². The zero-order valence-corrected chi connectivity index (χ0v) is 9.71. The van der Waals surface area contributed by atoms with E-state index in [0.29, 0.717) is 11.8 Å². The van der Waals surface area contributed by atoms with E-state index >= 15 is 0 Å². The van der Waals surface area contributed by atoms with Gasteiger partial charge in [0, 0.05) is 39.3 Å². The van der Waals surface area contributed by atoms with Gasteiger partial charge in [-0.3, -0.25) is 0 Å². The quantitative estimate of drug-likeness (QED) is 0.673. The largest absolute Gasteiger partial charge is 0.301 e. The van der Waals surface area contributed by atoms with Crippen LogP contribution in [0.5, 0.6) is 0 Å². The molecule has 0 aliphatic carbocycles. The Morgan fingerprint density at radius 1 is 0.857 bits per heavy atom. The average molecular weight is 196 g/mol. The molecular formula is C12H24N2. The molecule has 2 radical (unpaired) electrons. The lowest BCUT2D eigenvalue weighted by atomic mass is 10.1. The molecule has 2 heteroatoms. The summed E-state index contributed by atoms with van der Waals surface area (Å²) in [6.07, 6.45) is 0. The molecule has 2 atom stereocenters. The van der Waals surface area contributed by atoms with E-state index in [4.69, 9.17) is 0 Å². The Hall–Kier alpha value is -0.0800. The first-order valence-electron chi connectivity index (χ1n) is 5.69. The number of rotatable bonds is 4. The average Bonchev–Trinajstić information content (AvgIpc) is 2.06. The predicted octanol–water partition coefficient (Wildman–Crippen LogP) is 1.54. The lowest BCUT2D eigenvalue weighted by Gasteiger charge is -2.36. The van der Waals surface area contributed by atoms with Crippen LogP contribution in [0, 0.1) is 25.7 Å². The Balaban J connectivity index is 2.17. The van der Waals surface area contributed by atoms with Gasteiger partial charge < -0.3 is 9.80 Å². The van der Waals surface area contributed by atoms with Gasteiger partial charge in [0.2, 0.25) is 0 Å². The van der Waals surface area contributed by atoms with Crippen molar-refractivity contribution in [1.82, 2.24) is 9.80 Å². The molecule has 1 aliphatic rings. The van der Waals surface area contributed by atoms with Crippen LogP contribution in [-0.2, 0) is 0 Å². The molecule has 0 N–H and O–H groups in total. The number of piperazine rings is 1. The fourth-order valence-electron chi connectivity index (χ4n) is 2.04. The van der Waals surface area contributed by atoms with Gasteiger partial charge in [-0.15, -0.1) is 0 Å². The van der Waals surface area contributed by atoms with Crippen molar-refractivity contribution < 1.29 is 0 Å². The minimum Gasteiger partial charge on any atom is -0.301 e. The molecule has 0 bridgehead atoms. The van der Waals surface area contributed by atoms with E-state index in [1.807, 2.05) is 0 Å². The Labute approximate surface area is 89.3 Å². The second-order valence-electron chi connectivity index (χ2n) is 4.81. The molecule has 2 unspecified atom stereocenters. The first kappa shape index (κ1) is 12.0. The summed E-state index contributed by atoms with van der Waals surface area (Å²) in [5, 5.41) is 0. The van der Waals surface area contributed by atoms with Crippen molar-refractivity contribution in [2.75, 3.05) is 39.3 Å². The van der Waals surface area contributed by atoms with Crippen molar-refractivity contribution in [1.29, 1.82) is 0 Å². The lowest BCUT2D eigenvalue weighted by Crippen LogP contribution is -2.48. The van der Waals surface area contributed by atoms with Crippen molar-refractivity contribution >= 4 is 0 Å². The van der Waals surface area contributed by atoms with Gasteiger partial charge in [-0.25, -0.2) is 0 Å². The summed E-state index contributed by atoms with van der Waals surface area (Å²) in [5.74, 6) is 1.10. The van der Waals surface area contributed by atoms with Crippen LogP contribution in [-0.4, -0.2) is 49.1 Å². The Morgan fingerprint density at radius 3 is 1.36 bits per heavy atom. The first-order chi connectivity index (χ1) is 6.58. The fourth-order valence-corrected chi connectivity index (χ4v) is 2.04. The van der Waals surface area contributed by atoms with Gasteiger partial charge in [-0.2, -0.15) is 0 Å². The molecule has 0 amide bonds. The second-order valence-corrected chi connectivity index (χ2v) is 4.81. The van der Waals surface area contributed by atoms with E-state index in [1.54, 1.807) is 0 Å². The van der Waals surface area contributed by atoms with Crippen LogP contribution in [0.1, 0.15) is 13.8 Å². The van der Waals surface area contributed by atoms with Crippen molar-refractivity contribution in [3.63, 3.8) is 0 Å². The van der Waals surface area contributed by atoms with Crippen molar-refractivity contribution in [3.8, 4) is 0 Å². The number of hydrogen-bond acceptors (Lipinski definition) is 2. The second kappa shape index (κ2) is 5.72. The van der Waals surface area contributed by atoms with Gasteiger partial charge in [-0.05, 0) is 25.7 Å². The molecule has 0 spiro atoms. The molecule has 1 fully saturated rings. The smallest absolute Gasteiger partial charge is 0.0110 e. The highest BCUT2D eigenvalue weighted by molar-refractivity contribution is 4.75. The molecule has 1 aliphatic heterocycles. The lowest BCUT2D eigenvalue weighted by molar-refractivity contribution is 0.118. The Bertz CT molecular complexity index is 128. The third-order valence-corrected chi connectivity index (χ3v) is 2.60. The maximum Gasteiger partial charge on any atom is 0.0110 e. The molecule has 82 valence electrons. The summed E-state index contributed by atoms with van der Waals surface area (Å²) < 4.78 is 0. The maximum absolute atomic E-state index is 4.03. The highest BCUT2D eigenvalue weighted by atomic mass is 15.3. The first-order valence-corrected chi connectivity index (χ1v) is 5.69. The molecule has 1 rings (SSSR count). The summed E-state index contributed by atoms with van der Waals surface area (Å²) in [7, 11) is 0. The van der Waals surface area contributed by atoms with Gasteiger partial charge in [0.15, 0.2) is 0 Å². The molecule has 1 saturated heterocycles. The summed E-state index contributed by atoms with van der Waals surface area (Å²) in [5.41, 5.74) is 0. The molecule has 0 aromatic carbocycles. The summed E-state index contributed by atoms with van der Waals surface area (Å²) in [6, 6.07) is 0. The Morgan fingerprint density at radius 2 is 1.14 bits per heavy atom. The third kappa shape index (κ3) is 4.43. The van der Waals surface area contributed by atoms with Gasteiger partial charge in [0.25, 0.3) is 0 Å². The van der Waals surface area contributed by atoms with E-state index in [2.05, 4.69) is 37.5 Å². The predicted molar refractivity (Wildman–Crippen MR) is 61.9 cm³/mol. The SMILES string of the molecule is [CH2]C(C)CN1CCN(CC([CH2])C)CC1. The number of hydrogen-bond donors (Lipinski definition) is 0. The molecule has 0 aromatic rings.